The molecule has 0 aromatic carbocycles. The Morgan fingerprint density at radius 1 is 1.35 bits per heavy atom. The molecule has 0 spiro atoms. The van der Waals surface area contributed by atoms with Crippen LogP contribution in [-0.4, -0.2) is 57.5 Å². The summed E-state index contributed by atoms with van der Waals surface area (Å²) in [5.74, 6) is 0. The Hall–Kier alpha value is -0.160. The highest BCUT2D eigenvalue weighted by Gasteiger charge is 2.42. The number of ether oxygens (including phenoxy) is 2. The number of likely N-dealkylation sites (N-methyl/N-ethyl adjacent to an activating group) is 1. The van der Waals surface area contributed by atoms with Gasteiger partial charge in [-0.05, 0) is 26.3 Å². The average molecular weight is 244 g/mol. The Labute approximate surface area is 105 Å². The van der Waals surface area contributed by atoms with Gasteiger partial charge in [-0.3, -0.25) is 4.90 Å². The van der Waals surface area contributed by atoms with Crippen LogP contribution < -0.4 is 5.73 Å². The van der Waals surface area contributed by atoms with Gasteiger partial charge in [-0.2, -0.15) is 0 Å². The average Bonchev–Trinajstić information content (AvgIpc) is 2.38. The molecule has 0 heterocycles. The molecule has 4 heteroatoms. The second kappa shape index (κ2) is 7.31. The van der Waals surface area contributed by atoms with Crippen molar-refractivity contribution < 1.29 is 9.47 Å². The van der Waals surface area contributed by atoms with Gasteiger partial charge in [0.2, 0.25) is 0 Å². The maximum Gasteiger partial charge on any atom is 0.0767 e. The molecule has 0 amide bonds. The van der Waals surface area contributed by atoms with E-state index in [1.54, 1.807) is 7.11 Å². The zero-order chi connectivity index (χ0) is 12.7. The summed E-state index contributed by atoms with van der Waals surface area (Å²) in [4.78, 5) is 2.39. The monoisotopic (exact) mass is 244 g/mol. The first kappa shape index (κ1) is 14.9. The lowest BCUT2D eigenvalue weighted by atomic mass is 9.77. The molecule has 0 bridgehead atoms. The minimum atomic E-state index is 0.0285. The van der Waals surface area contributed by atoms with Gasteiger partial charge in [0.15, 0.2) is 0 Å². The topological polar surface area (TPSA) is 47.7 Å². The number of methoxy groups -OCH3 is 2. The van der Waals surface area contributed by atoms with Crippen LogP contribution in [0.5, 0.6) is 0 Å². The van der Waals surface area contributed by atoms with Gasteiger partial charge in [0, 0.05) is 33.9 Å². The largest absolute Gasteiger partial charge is 0.385 e. The molecule has 1 rings (SSSR count). The van der Waals surface area contributed by atoms with E-state index in [1.807, 2.05) is 7.11 Å². The van der Waals surface area contributed by atoms with Crippen LogP contribution in [0.25, 0.3) is 0 Å². The summed E-state index contributed by atoms with van der Waals surface area (Å²) in [5, 5.41) is 0. The van der Waals surface area contributed by atoms with Gasteiger partial charge in [0.25, 0.3) is 0 Å². The normalized spacial score (nSPS) is 29.8. The Morgan fingerprint density at radius 2 is 2.12 bits per heavy atom. The summed E-state index contributed by atoms with van der Waals surface area (Å²) in [6.07, 6.45) is 6.10. The quantitative estimate of drug-likeness (QED) is 0.685. The predicted octanol–water partition coefficient (Wildman–Crippen LogP) is 1.24. The van der Waals surface area contributed by atoms with E-state index < -0.39 is 0 Å². The van der Waals surface area contributed by atoms with Gasteiger partial charge in [-0.15, -0.1) is 0 Å². The second-order valence-corrected chi connectivity index (χ2v) is 5.05. The van der Waals surface area contributed by atoms with Crippen molar-refractivity contribution >= 4 is 0 Å². The lowest BCUT2D eigenvalue weighted by molar-refractivity contribution is -0.0670. The van der Waals surface area contributed by atoms with Crippen molar-refractivity contribution in [1.29, 1.82) is 0 Å². The van der Waals surface area contributed by atoms with Gasteiger partial charge >= 0.3 is 0 Å². The third kappa shape index (κ3) is 3.41. The highest BCUT2D eigenvalue weighted by Crippen LogP contribution is 2.34. The Balaban J connectivity index is 2.63. The molecular weight excluding hydrogens is 216 g/mol. The first-order valence-electron chi connectivity index (χ1n) is 6.64. The van der Waals surface area contributed by atoms with E-state index in [4.69, 9.17) is 15.2 Å². The molecule has 0 saturated heterocycles. The molecule has 2 atom stereocenters. The molecule has 1 saturated carbocycles. The summed E-state index contributed by atoms with van der Waals surface area (Å²) in [6.45, 7) is 2.50. The zero-order valence-electron chi connectivity index (χ0n) is 11.6. The summed E-state index contributed by atoms with van der Waals surface area (Å²) in [7, 11) is 5.72. The molecule has 0 aromatic rings. The highest BCUT2D eigenvalue weighted by molar-refractivity contribution is 5.00. The van der Waals surface area contributed by atoms with Crippen molar-refractivity contribution in [3.63, 3.8) is 0 Å². The van der Waals surface area contributed by atoms with Gasteiger partial charge < -0.3 is 15.2 Å². The van der Waals surface area contributed by atoms with Crippen molar-refractivity contribution in [3.8, 4) is 0 Å². The molecule has 17 heavy (non-hydrogen) atoms. The van der Waals surface area contributed by atoms with Gasteiger partial charge in [0.05, 0.1) is 11.6 Å². The number of rotatable bonds is 7. The highest BCUT2D eigenvalue weighted by atomic mass is 16.5. The number of nitrogens with zero attached hydrogens (tertiary/aromatic N) is 1. The van der Waals surface area contributed by atoms with E-state index in [0.29, 0.717) is 6.54 Å². The molecule has 1 aliphatic rings. The molecule has 4 nitrogen and oxygen atoms in total. The Morgan fingerprint density at radius 3 is 2.71 bits per heavy atom. The van der Waals surface area contributed by atoms with E-state index >= 15 is 0 Å². The SMILES string of the molecule is COCCCN(C)C1(CN)CCCCC1OC. The van der Waals surface area contributed by atoms with Gasteiger partial charge in [0.1, 0.15) is 0 Å². The van der Waals surface area contributed by atoms with Crippen LogP contribution in [0, 0.1) is 0 Å². The molecule has 0 aliphatic heterocycles. The van der Waals surface area contributed by atoms with E-state index in [-0.39, 0.29) is 11.6 Å². The summed E-state index contributed by atoms with van der Waals surface area (Å²) < 4.78 is 10.8. The van der Waals surface area contributed by atoms with Crippen molar-refractivity contribution in [2.45, 2.75) is 43.7 Å². The van der Waals surface area contributed by atoms with Crippen molar-refractivity contribution in [2.75, 3.05) is 41.0 Å². The Bertz CT molecular complexity index is 214. The molecular formula is C13H28N2O2. The van der Waals surface area contributed by atoms with Crippen LogP contribution in [0.15, 0.2) is 0 Å². The zero-order valence-corrected chi connectivity index (χ0v) is 11.6. The standard InChI is InChI=1S/C13H28N2O2/c1-15(9-6-10-16-2)13(11-14)8-5-4-7-12(13)17-3/h12H,4-11,14H2,1-3H3. The molecule has 1 fully saturated rings. The molecule has 2 N–H and O–H groups in total. The van der Waals surface area contributed by atoms with Crippen LogP contribution in [0.3, 0.4) is 0 Å². The number of hydrogen-bond acceptors (Lipinski definition) is 4. The fraction of sp³-hybridized carbons (Fsp3) is 1.00. The maximum atomic E-state index is 6.06. The van der Waals surface area contributed by atoms with Crippen LogP contribution in [0.4, 0.5) is 0 Å². The molecule has 0 aromatic heterocycles. The Kier molecular flexibility index (Phi) is 6.41. The molecule has 2 unspecified atom stereocenters. The fourth-order valence-electron chi connectivity index (χ4n) is 3.02. The van der Waals surface area contributed by atoms with E-state index in [9.17, 15) is 0 Å². The predicted molar refractivity (Wildman–Crippen MR) is 70.2 cm³/mol. The third-order valence-corrected chi connectivity index (χ3v) is 4.17. The first-order valence-corrected chi connectivity index (χ1v) is 6.64. The third-order valence-electron chi connectivity index (χ3n) is 4.17. The molecule has 0 radical (unpaired) electrons. The van der Waals surface area contributed by atoms with E-state index in [2.05, 4.69) is 11.9 Å². The summed E-state index contributed by atoms with van der Waals surface area (Å²) in [5.41, 5.74) is 6.08. The van der Waals surface area contributed by atoms with Crippen LogP contribution in [0.1, 0.15) is 32.1 Å². The van der Waals surface area contributed by atoms with Crippen molar-refractivity contribution in [1.82, 2.24) is 4.90 Å². The molecule has 1 aliphatic carbocycles. The number of hydrogen-bond donors (Lipinski definition) is 1. The minimum Gasteiger partial charge on any atom is -0.385 e. The lowest BCUT2D eigenvalue weighted by Gasteiger charge is -2.48. The molecule has 102 valence electrons. The number of nitrogens with two attached hydrogens (primary N) is 1. The van der Waals surface area contributed by atoms with E-state index in [1.165, 1.54) is 12.8 Å². The van der Waals surface area contributed by atoms with Crippen LogP contribution in [0.2, 0.25) is 0 Å². The summed E-state index contributed by atoms with van der Waals surface area (Å²) >= 11 is 0. The van der Waals surface area contributed by atoms with Crippen molar-refractivity contribution in [3.05, 3.63) is 0 Å². The maximum absolute atomic E-state index is 6.06. The van der Waals surface area contributed by atoms with Crippen LogP contribution >= 0.6 is 0 Å². The second-order valence-electron chi connectivity index (χ2n) is 5.05. The lowest BCUT2D eigenvalue weighted by Crippen LogP contribution is -2.62. The van der Waals surface area contributed by atoms with Crippen LogP contribution in [-0.2, 0) is 9.47 Å². The smallest absolute Gasteiger partial charge is 0.0767 e. The van der Waals surface area contributed by atoms with Gasteiger partial charge in [-0.25, -0.2) is 0 Å². The van der Waals surface area contributed by atoms with Crippen molar-refractivity contribution in [2.24, 2.45) is 5.73 Å². The summed E-state index contributed by atoms with van der Waals surface area (Å²) in [6, 6.07) is 0. The first-order chi connectivity index (χ1) is 8.21. The van der Waals surface area contributed by atoms with E-state index in [0.717, 1.165) is 32.4 Å². The van der Waals surface area contributed by atoms with Gasteiger partial charge in [-0.1, -0.05) is 12.8 Å². The fourth-order valence-corrected chi connectivity index (χ4v) is 3.02. The minimum absolute atomic E-state index is 0.0285.